The lowest BCUT2D eigenvalue weighted by molar-refractivity contribution is -0.492. The number of nitrogens with zero attached hydrogens (tertiary/aromatic N) is 3. The van der Waals surface area contributed by atoms with Crippen molar-refractivity contribution in [1.29, 1.82) is 0 Å². The number of nitrogens with one attached hydrogen (secondary N) is 1. The highest BCUT2D eigenvalue weighted by Gasteiger charge is 2.40. The van der Waals surface area contributed by atoms with Crippen LogP contribution >= 0.6 is 0 Å². The Bertz CT molecular complexity index is 1560. The van der Waals surface area contributed by atoms with E-state index in [1.54, 1.807) is 14.2 Å². The SMILES string of the molecule is COCCCN1CCOc2ccc(COC3CN(C(=O)CCCCCON(O)O)C(CC(=O)NCc4ccccc4)CC3c3ccc(OC)cc3)cc21. The average Bonchev–Trinajstić information content (AvgIpc) is 3.18. The number of anilines is 1. The van der Waals surface area contributed by atoms with E-state index in [2.05, 4.69) is 21.1 Å². The summed E-state index contributed by atoms with van der Waals surface area (Å²) in [7, 11) is 3.35. The number of likely N-dealkylation sites (tertiary alicyclic amines) is 1. The fourth-order valence-electron chi connectivity index (χ4n) is 7.08. The van der Waals surface area contributed by atoms with Crippen molar-refractivity contribution < 1.29 is 43.8 Å². The third-order valence-corrected chi connectivity index (χ3v) is 9.88. The van der Waals surface area contributed by atoms with Gasteiger partial charge in [-0.3, -0.25) is 24.8 Å². The molecule has 2 heterocycles. The van der Waals surface area contributed by atoms with Crippen LogP contribution in [-0.2, 0) is 37.1 Å². The quantitative estimate of drug-likeness (QED) is 0.100. The number of unbranched alkanes of at least 4 members (excludes halogenated alkanes) is 2. The first kappa shape index (κ1) is 40.0. The summed E-state index contributed by atoms with van der Waals surface area (Å²) in [4.78, 5) is 36.2. The van der Waals surface area contributed by atoms with Crippen LogP contribution in [0.5, 0.6) is 11.5 Å². The molecule has 0 saturated carbocycles. The third kappa shape index (κ3) is 12.1. The molecule has 13 nitrogen and oxygen atoms in total. The molecule has 3 unspecified atom stereocenters. The highest BCUT2D eigenvalue weighted by atomic mass is 17.1. The van der Waals surface area contributed by atoms with Crippen LogP contribution < -0.4 is 19.7 Å². The van der Waals surface area contributed by atoms with Crippen LogP contribution in [0.3, 0.4) is 0 Å². The minimum atomic E-state index is -0.340. The Labute approximate surface area is 312 Å². The molecule has 0 radical (unpaired) electrons. The van der Waals surface area contributed by atoms with E-state index in [9.17, 15) is 9.59 Å². The Kier molecular flexibility index (Phi) is 15.7. The molecule has 5 rings (SSSR count). The zero-order valence-electron chi connectivity index (χ0n) is 30.9. The van der Waals surface area contributed by atoms with E-state index in [1.165, 1.54) is 0 Å². The van der Waals surface area contributed by atoms with Crippen molar-refractivity contribution in [2.24, 2.45) is 0 Å². The van der Waals surface area contributed by atoms with E-state index < -0.39 is 0 Å². The minimum Gasteiger partial charge on any atom is -0.497 e. The Morgan fingerprint density at radius 3 is 2.51 bits per heavy atom. The second kappa shape index (κ2) is 20.9. The third-order valence-electron chi connectivity index (χ3n) is 9.88. The standard InChI is InChI=1S/C40H54N4O9/c1-49-21-9-19-42-20-23-51-37-18-13-31(24-36(37)42)29-52-38-28-43(40(46)12-7-4-8-22-53-44(47)48)33(25-35(38)32-14-16-34(50-2)17-15-32)26-39(45)41-27-30-10-5-3-6-11-30/h3,5-6,10-11,13-18,24,33,35,38,47-48H,4,7-9,12,19-23,25-29H2,1-2H3,(H,41,45). The number of piperidine rings is 1. The lowest BCUT2D eigenvalue weighted by Gasteiger charge is -2.44. The number of carbonyl (C=O) groups excluding carboxylic acids is 2. The maximum Gasteiger partial charge on any atom is 0.222 e. The first-order chi connectivity index (χ1) is 25.8. The molecule has 0 aromatic heterocycles. The molecule has 0 bridgehead atoms. The Morgan fingerprint density at radius 1 is 0.943 bits per heavy atom. The van der Waals surface area contributed by atoms with Crippen LogP contribution in [-0.4, -0.2) is 98.3 Å². The van der Waals surface area contributed by atoms with Crippen LogP contribution in [0.1, 0.15) is 67.6 Å². The molecule has 1 saturated heterocycles. The van der Waals surface area contributed by atoms with Gasteiger partial charge in [0.2, 0.25) is 11.8 Å². The number of hydrogen-bond acceptors (Lipinski definition) is 11. The van der Waals surface area contributed by atoms with Crippen LogP contribution in [0, 0.1) is 0 Å². The van der Waals surface area contributed by atoms with Gasteiger partial charge in [-0.2, -0.15) is 0 Å². The van der Waals surface area contributed by atoms with E-state index in [0.29, 0.717) is 58.6 Å². The summed E-state index contributed by atoms with van der Waals surface area (Å²) >= 11 is 0. The predicted molar refractivity (Wildman–Crippen MR) is 198 cm³/mol. The number of rotatable bonds is 20. The summed E-state index contributed by atoms with van der Waals surface area (Å²) in [5.41, 5.74) is 4.11. The Morgan fingerprint density at radius 2 is 1.75 bits per heavy atom. The molecule has 1 fully saturated rings. The van der Waals surface area contributed by atoms with E-state index >= 15 is 0 Å². The molecule has 2 amide bonds. The summed E-state index contributed by atoms with van der Waals surface area (Å²) in [6, 6.07) is 23.5. The summed E-state index contributed by atoms with van der Waals surface area (Å²) in [6.07, 6.45) is 3.37. The monoisotopic (exact) mass is 734 g/mol. The van der Waals surface area contributed by atoms with Gasteiger partial charge in [-0.15, -0.1) is 0 Å². The molecular formula is C40H54N4O9. The minimum absolute atomic E-state index is 0.0443. The first-order valence-corrected chi connectivity index (χ1v) is 18.5. The molecule has 0 aliphatic carbocycles. The molecule has 288 valence electrons. The van der Waals surface area contributed by atoms with Gasteiger partial charge in [0.1, 0.15) is 18.1 Å². The van der Waals surface area contributed by atoms with Gasteiger partial charge in [-0.1, -0.05) is 55.0 Å². The number of methoxy groups -OCH3 is 2. The van der Waals surface area contributed by atoms with Gasteiger partial charge in [0.15, 0.2) is 0 Å². The first-order valence-electron chi connectivity index (χ1n) is 18.5. The Hall–Kier alpha value is -4.24. The molecule has 2 aliphatic heterocycles. The molecule has 3 N–H and O–H groups in total. The predicted octanol–water partition coefficient (Wildman–Crippen LogP) is 5.48. The summed E-state index contributed by atoms with van der Waals surface area (Å²) in [5, 5.41) is 20.3. The molecule has 0 spiro atoms. The zero-order chi connectivity index (χ0) is 37.4. The maximum absolute atomic E-state index is 13.9. The lowest BCUT2D eigenvalue weighted by atomic mass is 9.81. The van der Waals surface area contributed by atoms with Crippen molar-refractivity contribution >= 4 is 17.5 Å². The zero-order valence-corrected chi connectivity index (χ0v) is 30.9. The highest BCUT2D eigenvalue weighted by molar-refractivity contribution is 5.80. The lowest BCUT2D eigenvalue weighted by Crippen LogP contribution is -2.53. The average molecular weight is 735 g/mol. The van der Waals surface area contributed by atoms with Gasteiger partial charge in [0, 0.05) is 58.2 Å². The van der Waals surface area contributed by atoms with Crippen LogP contribution in [0.15, 0.2) is 72.8 Å². The number of amides is 2. The number of hydrogen-bond donors (Lipinski definition) is 3. The number of benzene rings is 3. The van der Waals surface area contributed by atoms with Gasteiger partial charge in [0.05, 0.1) is 44.0 Å². The smallest absolute Gasteiger partial charge is 0.222 e. The molecule has 13 heteroatoms. The van der Waals surface area contributed by atoms with Gasteiger partial charge < -0.3 is 34.1 Å². The van der Waals surface area contributed by atoms with Crippen molar-refractivity contribution in [2.75, 3.05) is 58.6 Å². The molecule has 3 aromatic carbocycles. The van der Waals surface area contributed by atoms with Crippen LogP contribution in [0.25, 0.3) is 0 Å². The van der Waals surface area contributed by atoms with Crippen molar-refractivity contribution in [2.45, 2.75) is 76.2 Å². The van der Waals surface area contributed by atoms with Crippen molar-refractivity contribution in [3.05, 3.63) is 89.5 Å². The van der Waals surface area contributed by atoms with E-state index in [0.717, 1.165) is 53.4 Å². The summed E-state index contributed by atoms with van der Waals surface area (Å²) in [6.45, 7) is 4.18. The number of fused-ring (bicyclic) bond motifs is 1. The topological polar surface area (TPSA) is 142 Å². The molecule has 3 aromatic rings. The fourth-order valence-corrected chi connectivity index (χ4v) is 7.08. The molecule has 3 atom stereocenters. The molecule has 53 heavy (non-hydrogen) atoms. The van der Waals surface area contributed by atoms with Gasteiger partial charge in [-0.25, -0.2) is 0 Å². The number of ether oxygens (including phenoxy) is 4. The second-order valence-corrected chi connectivity index (χ2v) is 13.5. The Balaban J connectivity index is 1.34. The molecule has 2 aliphatic rings. The number of carbonyl (C=O) groups is 2. The molecular weight excluding hydrogens is 680 g/mol. The van der Waals surface area contributed by atoms with E-state index in [4.69, 9.17) is 29.4 Å². The van der Waals surface area contributed by atoms with Crippen molar-refractivity contribution in [3.63, 3.8) is 0 Å². The van der Waals surface area contributed by atoms with E-state index in [1.807, 2.05) is 71.6 Å². The second-order valence-electron chi connectivity index (χ2n) is 13.5. The summed E-state index contributed by atoms with van der Waals surface area (Å²) < 4.78 is 23.4. The van der Waals surface area contributed by atoms with Crippen molar-refractivity contribution in [3.8, 4) is 11.5 Å². The maximum atomic E-state index is 13.9. The highest BCUT2D eigenvalue weighted by Crippen LogP contribution is 2.38. The van der Waals surface area contributed by atoms with E-state index in [-0.39, 0.29) is 54.7 Å². The van der Waals surface area contributed by atoms with Gasteiger partial charge in [-0.05, 0) is 66.6 Å². The van der Waals surface area contributed by atoms with Crippen LogP contribution in [0.2, 0.25) is 0 Å². The van der Waals surface area contributed by atoms with Gasteiger partial charge >= 0.3 is 0 Å². The van der Waals surface area contributed by atoms with Gasteiger partial charge in [0.25, 0.3) is 0 Å². The normalized spacial score (nSPS) is 18.4. The van der Waals surface area contributed by atoms with Crippen molar-refractivity contribution in [1.82, 2.24) is 15.6 Å². The van der Waals surface area contributed by atoms with Crippen LogP contribution in [0.4, 0.5) is 5.69 Å². The largest absolute Gasteiger partial charge is 0.497 e. The fraction of sp³-hybridized carbons (Fsp3) is 0.500. The summed E-state index contributed by atoms with van der Waals surface area (Å²) in [5.74, 6) is 1.36.